The summed E-state index contributed by atoms with van der Waals surface area (Å²) in [5, 5.41) is 7.60. The molecule has 2 aromatic rings. The Morgan fingerprint density at radius 1 is 1.04 bits per heavy atom. The summed E-state index contributed by atoms with van der Waals surface area (Å²) in [6, 6.07) is 12.9. The smallest absolute Gasteiger partial charge is 0.315 e. The average Bonchev–Trinajstić information content (AvgIpc) is 2.52. The van der Waals surface area contributed by atoms with Crippen LogP contribution in [0.2, 0.25) is 0 Å². The lowest BCUT2D eigenvalue weighted by molar-refractivity contribution is -0.115. The first-order valence-electron chi connectivity index (χ1n) is 7.15. The molecule has 0 saturated heterocycles. The van der Waals surface area contributed by atoms with E-state index in [1.807, 2.05) is 31.2 Å². The van der Waals surface area contributed by atoms with Crippen LogP contribution in [0.5, 0.6) is 0 Å². The number of carbonyl (C=O) groups excluding carboxylic acids is 2. The number of rotatable bonds is 5. The first-order valence-corrected chi connectivity index (χ1v) is 7.15. The van der Waals surface area contributed by atoms with E-state index in [9.17, 15) is 14.0 Å². The van der Waals surface area contributed by atoms with Gasteiger partial charge in [0.25, 0.3) is 0 Å². The minimum absolute atomic E-state index is 0.198. The van der Waals surface area contributed by atoms with Gasteiger partial charge in [0, 0.05) is 12.2 Å². The summed E-state index contributed by atoms with van der Waals surface area (Å²) in [6.07, 6.45) is 0. The van der Waals surface area contributed by atoms with Crippen LogP contribution in [-0.2, 0) is 11.3 Å². The molecule has 0 unspecified atom stereocenters. The molecule has 5 nitrogen and oxygen atoms in total. The van der Waals surface area contributed by atoms with Crippen LogP contribution >= 0.6 is 0 Å². The van der Waals surface area contributed by atoms with Crippen LogP contribution in [0.25, 0.3) is 0 Å². The molecule has 0 bridgehead atoms. The number of hydrogen-bond donors (Lipinski definition) is 3. The van der Waals surface area contributed by atoms with Crippen LogP contribution < -0.4 is 16.0 Å². The molecule has 0 radical (unpaired) electrons. The fraction of sp³-hybridized carbons (Fsp3) is 0.176. The molecule has 0 aliphatic rings. The number of carbonyl (C=O) groups is 2. The molecule has 0 saturated carbocycles. The monoisotopic (exact) mass is 315 g/mol. The second-order valence-corrected chi connectivity index (χ2v) is 5.08. The van der Waals surface area contributed by atoms with Crippen molar-refractivity contribution >= 4 is 17.6 Å². The minimum Gasteiger partial charge on any atom is -0.334 e. The summed E-state index contributed by atoms with van der Waals surface area (Å²) < 4.78 is 13.0. The van der Waals surface area contributed by atoms with E-state index in [-0.39, 0.29) is 6.54 Å². The molecule has 3 N–H and O–H groups in total. The van der Waals surface area contributed by atoms with Gasteiger partial charge in [0.05, 0.1) is 6.54 Å². The molecule has 0 spiro atoms. The van der Waals surface area contributed by atoms with Crippen LogP contribution in [0, 0.1) is 12.7 Å². The molecule has 0 aliphatic heterocycles. The van der Waals surface area contributed by atoms with Crippen molar-refractivity contribution in [1.82, 2.24) is 10.6 Å². The van der Waals surface area contributed by atoms with E-state index >= 15 is 0 Å². The van der Waals surface area contributed by atoms with E-state index < -0.39 is 17.8 Å². The third kappa shape index (κ3) is 5.78. The highest BCUT2D eigenvalue weighted by Crippen LogP contribution is 2.08. The SMILES string of the molecule is Cc1ccc(CNC(=O)NCC(=O)Nc2cccc(F)c2)cc1. The van der Waals surface area contributed by atoms with Crippen LogP contribution in [0.4, 0.5) is 14.9 Å². The number of aryl methyl sites for hydroxylation is 1. The largest absolute Gasteiger partial charge is 0.334 e. The molecular formula is C17H18FN3O2. The lowest BCUT2D eigenvalue weighted by Gasteiger charge is -2.09. The molecular weight excluding hydrogens is 297 g/mol. The van der Waals surface area contributed by atoms with Crippen LogP contribution in [0.3, 0.4) is 0 Å². The second-order valence-electron chi connectivity index (χ2n) is 5.08. The van der Waals surface area contributed by atoms with Crippen molar-refractivity contribution in [3.05, 3.63) is 65.5 Å². The molecule has 0 aromatic heterocycles. The Balaban J connectivity index is 1.71. The van der Waals surface area contributed by atoms with E-state index in [1.54, 1.807) is 6.07 Å². The maximum Gasteiger partial charge on any atom is 0.315 e. The molecule has 23 heavy (non-hydrogen) atoms. The Morgan fingerprint density at radius 2 is 1.78 bits per heavy atom. The zero-order valence-corrected chi connectivity index (χ0v) is 12.7. The Bertz CT molecular complexity index is 686. The summed E-state index contributed by atoms with van der Waals surface area (Å²) in [5.41, 5.74) is 2.46. The first kappa shape index (κ1) is 16.5. The Hall–Kier alpha value is -2.89. The topological polar surface area (TPSA) is 70.2 Å². The fourth-order valence-electron chi connectivity index (χ4n) is 1.88. The highest BCUT2D eigenvalue weighted by Gasteiger charge is 2.06. The van der Waals surface area contributed by atoms with Crippen LogP contribution in [0.1, 0.15) is 11.1 Å². The number of amides is 3. The van der Waals surface area contributed by atoms with Gasteiger partial charge in [0.1, 0.15) is 5.82 Å². The second kappa shape index (κ2) is 7.93. The number of hydrogen-bond acceptors (Lipinski definition) is 2. The van der Waals surface area contributed by atoms with Crippen LogP contribution in [-0.4, -0.2) is 18.5 Å². The molecule has 0 fully saturated rings. The summed E-state index contributed by atoms with van der Waals surface area (Å²) in [5.74, 6) is -0.868. The molecule has 0 aliphatic carbocycles. The van der Waals surface area contributed by atoms with E-state index in [4.69, 9.17) is 0 Å². The molecule has 120 valence electrons. The van der Waals surface area contributed by atoms with E-state index in [2.05, 4.69) is 16.0 Å². The number of urea groups is 1. The molecule has 2 rings (SSSR count). The molecule has 0 atom stereocenters. The van der Waals surface area contributed by atoms with Gasteiger partial charge in [0.2, 0.25) is 5.91 Å². The average molecular weight is 315 g/mol. The Labute approximate surface area is 133 Å². The molecule has 2 aromatic carbocycles. The van der Waals surface area contributed by atoms with Gasteiger partial charge in [0.15, 0.2) is 0 Å². The van der Waals surface area contributed by atoms with E-state index in [0.717, 1.165) is 11.1 Å². The van der Waals surface area contributed by atoms with E-state index in [1.165, 1.54) is 18.2 Å². The van der Waals surface area contributed by atoms with Gasteiger partial charge in [-0.05, 0) is 30.7 Å². The summed E-state index contributed by atoms with van der Waals surface area (Å²) in [4.78, 5) is 23.3. The number of benzene rings is 2. The maximum atomic E-state index is 13.0. The number of nitrogens with one attached hydrogen (secondary N) is 3. The third-order valence-corrected chi connectivity index (χ3v) is 3.09. The van der Waals surface area contributed by atoms with Crippen molar-refractivity contribution in [1.29, 1.82) is 0 Å². The van der Waals surface area contributed by atoms with Gasteiger partial charge in [-0.25, -0.2) is 9.18 Å². The molecule has 3 amide bonds. The summed E-state index contributed by atoms with van der Waals surface area (Å²) in [7, 11) is 0. The highest BCUT2D eigenvalue weighted by atomic mass is 19.1. The Kier molecular flexibility index (Phi) is 5.68. The third-order valence-electron chi connectivity index (χ3n) is 3.09. The standard InChI is InChI=1S/C17H18FN3O2/c1-12-5-7-13(8-6-12)10-19-17(23)20-11-16(22)21-15-4-2-3-14(18)9-15/h2-9H,10-11H2,1H3,(H,21,22)(H2,19,20,23). The predicted octanol–water partition coefficient (Wildman–Crippen LogP) is 2.57. The quantitative estimate of drug-likeness (QED) is 0.793. The van der Waals surface area contributed by atoms with Gasteiger partial charge >= 0.3 is 6.03 Å². The van der Waals surface area contributed by atoms with Crippen molar-refractivity contribution in [3.8, 4) is 0 Å². The van der Waals surface area contributed by atoms with Crippen molar-refractivity contribution in [3.63, 3.8) is 0 Å². The van der Waals surface area contributed by atoms with Gasteiger partial charge < -0.3 is 16.0 Å². The first-order chi connectivity index (χ1) is 11.0. The van der Waals surface area contributed by atoms with Gasteiger partial charge in [-0.3, -0.25) is 4.79 Å². The lowest BCUT2D eigenvalue weighted by Crippen LogP contribution is -2.39. The Morgan fingerprint density at radius 3 is 2.48 bits per heavy atom. The van der Waals surface area contributed by atoms with Crippen molar-refractivity contribution in [2.24, 2.45) is 0 Å². The number of halogens is 1. The fourth-order valence-corrected chi connectivity index (χ4v) is 1.88. The molecule has 0 heterocycles. The van der Waals surface area contributed by atoms with Crippen LogP contribution in [0.15, 0.2) is 48.5 Å². The summed E-state index contributed by atoms with van der Waals surface area (Å²) in [6.45, 7) is 2.16. The summed E-state index contributed by atoms with van der Waals surface area (Å²) >= 11 is 0. The van der Waals surface area contributed by atoms with Gasteiger partial charge in [-0.15, -0.1) is 0 Å². The van der Waals surface area contributed by atoms with Gasteiger partial charge in [-0.2, -0.15) is 0 Å². The lowest BCUT2D eigenvalue weighted by atomic mass is 10.1. The maximum absolute atomic E-state index is 13.0. The van der Waals surface area contributed by atoms with Gasteiger partial charge in [-0.1, -0.05) is 35.9 Å². The highest BCUT2D eigenvalue weighted by molar-refractivity contribution is 5.94. The van der Waals surface area contributed by atoms with E-state index in [0.29, 0.717) is 12.2 Å². The normalized spacial score (nSPS) is 10.0. The minimum atomic E-state index is -0.444. The van der Waals surface area contributed by atoms with Crippen molar-refractivity contribution in [2.45, 2.75) is 13.5 Å². The predicted molar refractivity (Wildman–Crippen MR) is 86.4 cm³/mol. The van der Waals surface area contributed by atoms with Crippen molar-refractivity contribution < 1.29 is 14.0 Å². The zero-order chi connectivity index (χ0) is 16.7. The molecule has 6 heteroatoms. The zero-order valence-electron chi connectivity index (χ0n) is 12.7. The number of anilines is 1. The van der Waals surface area contributed by atoms with Crippen molar-refractivity contribution in [2.75, 3.05) is 11.9 Å².